The zero-order chi connectivity index (χ0) is 17.4. The fraction of sp³-hybridized carbons (Fsp3) is 0.474. The van der Waals surface area contributed by atoms with Crippen LogP contribution in [0.3, 0.4) is 0 Å². The van der Waals surface area contributed by atoms with E-state index in [1.165, 1.54) is 0 Å². The van der Waals surface area contributed by atoms with E-state index in [0.29, 0.717) is 10.8 Å². The predicted octanol–water partition coefficient (Wildman–Crippen LogP) is 5.27. The number of hydrogen-bond donors (Lipinski definition) is 1. The number of nitrogens with one attached hydrogen (secondary N) is 1. The lowest BCUT2D eigenvalue weighted by molar-refractivity contribution is 0.297. The number of nitrogens with zero attached hydrogens (tertiary/aromatic N) is 1. The summed E-state index contributed by atoms with van der Waals surface area (Å²) >= 11 is 6.17. The third-order valence-electron chi connectivity index (χ3n) is 4.12. The average Bonchev–Trinajstić information content (AvgIpc) is 3.07. The molecule has 0 bridgehead atoms. The first-order chi connectivity index (χ1) is 11.7. The molecule has 1 N–H and O–H groups in total. The molecule has 1 aromatic carbocycles. The molecule has 0 amide bonds. The third-order valence-corrected chi connectivity index (χ3v) is 4.41. The van der Waals surface area contributed by atoms with Gasteiger partial charge in [-0.2, -0.15) is 0 Å². The van der Waals surface area contributed by atoms with Crippen LogP contribution in [0.1, 0.15) is 26.0 Å². The van der Waals surface area contributed by atoms with Crippen molar-refractivity contribution in [2.24, 2.45) is 0 Å². The van der Waals surface area contributed by atoms with Crippen molar-refractivity contribution in [1.82, 2.24) is 10.2 Å². The molecule has 1 aromatic heterocycles. The third kappa shape index (κ3) is 7.37. The first kappa shape index (κ1) is 25.1. The van der Waals surface area contributed by atoms with E-state index < -0.39 is 0 Å². The van der Waals surface area contributed by atoms with Crippen LogP contribution < -0.4 is 10.1 Å². The first-order valence-corrected chi connectivity index (χ1v) is 8.91. The second-order valence-corrected chi connectivity index (χ2v) is 6.08. The van der Waals surface area contributed by atoms with Gasteiger partial charge < -0.3 is 19.4 Å². The monoisotopic (exact) mass is 422 g/mol. The number of ether oxygens (including phenoxy) is 1. The quantitative estimate of drug-likeness (QED) is 0.528. The van der Waals surface area contributed by atoms with Gasteiger partial charge in [0.05, 0.1) is 18.7 Å². The molecule has 2 aromatic rings. The van der Waals surface area contributed by atoms with Crippen LogP contribution in [0.5, 0.6) is 5.75 Å². The highest BCUT2D eigenvalue weighted by atomic mass is 35.5. The smallest absolute Gasteiger partial charge is 0.137 e. The fourth-order valence-electron chi connectivity index (χ4n) is 2.63. The Morgan fingerprint density at radius 2 is 1.85 bits per heavy atom. The molecule has 7 heteroatoms. The van der Waals surface area contributed by atoms with E-state index in [-0.39, 0.29) is 24.8 Å². The molecular weight excluding hydrogens is 395 g/mol. The van der Waals surface area contributed by atoms with Gasteiger partial charge >= 0.3 is 0 Å². The number of methoxy groups -OCH3 is 1. The number of hydrogen-bond acceptors (Lipinski definition) is 4. The van der Waals surface area contributed by atoms with E-state index in [1.54, 1.807) is 7.11 Å². The van der Waals surface area contributed by atoms with Gasteiger partial charge in [-0.05, 0) is 62.9 Å². The molecule has 0 radical (unpaired) electrons. The van der Waals surface area contributed by atoms with Gasteiger partial charge in [0.25, 0.3) is 0 Å². The van der Waals surface area contributed by atoms with Crippen molar-refractivity contribution in [3.8, 4) is 17.1 Å². The maximum atomic E-state index is 6.17. The number of furan rings is 1. The van der Waals surface area contributed by atoms with Gasteiger partial charge in [0, 0.05) is 5.56 Å². The summed E-state index contributed by atoms with van der Waals surface area (Å²) < 4.78 is 11.1. The highest BCUT2D eigenvalue weighted by molar-refractivity contribution is 6.32. The highest BCUT2D eigenvalue weighted by Crippen LogP contribution is 2.31. The highest BCUT2D eigenvalue weighted by Gasteiger charge is 2.08. The topological polar surface area (TPSA) is 37.6 Å². The SMILES string of the molecule is CCN(CC)CCCNCc1ccc(-c2ccc(OC)c(Cl)c2)o1.Cl.Cl. The molecule has 0 saturated carbocycles. The number of benzene rings is 1. The van der Waals surface area contributed by atoms with Crippen molar-refractivity contribution < 1.29 is 9.15 Å². The Morgan fingerprint density at radius 3 is 2.46 bits per heavy atom. The molecule has 0 unspecified atom stereocenters. The minimum absolute atomic E-state index is 0. The molecule has 0 aliphatic rings. The van der Waals surface area contributed by atoms with Crippen molar-refractivity contribution in [2.45, 2.75) is 26.8 Å². The lowest BCUT2D eigenvalue weighted by Gasteiger charge is -2.17. The lowest BCUT2D eigenvalue weighted by atomic mass is 10.2. The van der Waals surface area contributed by atoms with Gasteiger partial charge in [-0.25, -0.2) is 0 Å². The summed E-state index contributed by atoms with van der Waals surface area (Å²) in [6.45, 7) is 9.49. The Bertz CT molecular complexity index is 631. The van der Waals surface area contributed by atoms with Crippen LogP contribution in [-0.2, 0) is 6.54 Å². The lowest BCUT2D eigenvalue weighted by Crippen LogP contribution is -2.27. The molecule has 1 heterocycles. The van der Waals surface area contributed by atoms with Gasteiger partial charge in [-0.3, -0.25) is 0 Å². The molecule has 0 atom stereocenters. The zero-order valence-corrected chi connectivity index (χ0v) is 18.0. The van der Waals surface area contributed by atoms with E-state index in [4.69, 9.17) is 20.8 Å². The second kappa shape index (κ2) is 13.3. The average molecular weight is 424 g/mol. The van der Waals surface area contributed by atoms with Crippen molar-refractivity contribution >= 4 is 36.4 Å². The van der Waals surface area contributed by atoms with Crippen molar-refractivity contribution in [1.29, 1.82) is 0 Å². The number of rotatable bonds is 10. The summed E-state index contributed by atoms with van der Waals surface area (Å²) in [5.41, 5.74) is 0.952. The molecule has 148 valence electrons. The van der Waals surface area contributed by atoms with E-state index in [1.807, 2.05) is 30.3 Å². The van der Waals surface area contributed by atoms with Crippen molar-refractivity contribution in [3.05, 3.63) is 41.1 Å². The standard InChI is InChI=1S/C19H27ClN2O2.2ClH/c1-4-22(5-2)12-6-11-21-14-16-8-10-18(24-16)15-7-9-19(23-3)17(20)13-15;;/h7-10,13,21H,4-6,11-12,14H2,1-3H3;2*1H. The molecule has 26 heavy (non-hydrogen) atoms. The summed E-state index contributed by atoms with van der Waals surface area (Å²) in [6, 6.07) is 9.65. The Morgan fingerprint density at radius 1 is 1.12 bits per heavy atom. The van der Waals surface area contributed by atoms with Gasteiger partial charge in [0.2, 0.25) is 0 Å². The second-order valence-electron chi connectivity index (χ2n) is 5.67. The van der Waals surface area contributed by atoms with Gasteiger partial charge in [-0.1, -0.05) is 25.4 Å². The summed E-state index contributed by atoms with van der Waals surface area (Å²) in [7, 11) is 1.61. The molecule has 0 fully saturated rings. The molecule has 0 aliphatic carbocycles. The van der Waals surface area contributed by atoms with Crippen molar-refractivity contribution in [3.63, 3.8) is 0 Å². The summed E-state index contributed by atoms with van der Waals surface area (Å²) in [5.74, 6) is 2.42. The molecule has 0 spiro atoms. The van der Waals surface area contributed by atoms with Crippen LogP contribution in [0.15, 0.2) is 34.7 Å². The molecule has 2 rings (SSSR count). The largest absolute Gasteiger partial charge is 0.495 e. The van der Waals surface area contributed by atoms with Crippen LogP contribution in [0.2, 0.25) is 5.02 Å². The van der Waals surface area contributed by atoms with Gasteiger partial charge in [0.1, 0.15) is 17.3 Å². The predicted molar refractivity (Wildman–Crippen MR) is 114 cm³/mol. The van der Waals surface area contributed by atoms with Crippen LogP contribution in [0, 0.1) is 0 Å². The molecule has 0 saturated heterocycles. The van der Waals surface area contributed by atoms with Crippen LogP contribution in [0.25, 0.3) is 11.3 Å². The Labute approximate surface area is 174 Å². The maximum Gasteiger partial charge on any atom is 0.137 e. The van der Waals surface area contributed by atoms with E-state index in [0.717, 1.165) is 56.2 Å². The van der Waals surface area contributed by atoms with Crippen LogP contribution in [-0.4, -0.2) is 38.2 Å². The molecule has 0 aliphatic heterocycles. The van der Waals surface area contributed by atoms with E-state index in [9.17, 15) is 0 Å². The van der Waals surface area contributed by atoms with Gasteiger partial charge in [0.15, 0.2) is 0 Å². The van der Waals surface area contributed by atoms with Crippen LogP contribution >= 0.6 is 36.4 Å². The van der Waals surface area contributed by atoms with E-state index in [2.05, 4.69) is 24.1 Å². The Hall–Kier alpha value is -0.910. The molecular formula is C19H29Cl3N2O2. The summed E-state index contributed by atoms with van der Waals surface area (Å²) in [4.78, 5) is 2.43. The Kier molecular flexibility index (Phi) is 12.8. The van der Waals surface area contributed by atoms with Crippen LogP contribution in [0.4, 0.5) is 0 Å². The fourth-order valence-corrected chi connectivity index (χ4v) is 2.88. The normalized spacial score (nSPS) is 10.3. The Balaban J connectivity index is 0.00000312. The maximum absolute atomic E-state index is 6.17. The minimum atomic E-state index is 0. The van der Waals surface area contributed by atoms with E-state index >= 15 is 0 Å². The minimum Gasteiger partial charge on any atom is -0.495 e. The van der Waals surface area contributed by atoms with Crippen molar-refractivity contribution in [2.75, 3.05) is 33.3 Å². The molecule has 4 nitrogen and oxygen atoms in total. The zero-order valence-electron chi connectivity index (χ0n) is 15.6. The van der Waals surface area contributed by atoms with Gasteiger partial charge in [-0.15, -0.1) is 24.8 Å². The first-order valence-electron chi connectivity index (χ1n) is 8.53. The number of halogens is 3. The summed E-state index contributed by atoms with van der Waals surface area (Å²) in [5, 5.41) is 4.02. The summed E-state index contributed by atoms with van der Waals surface area (Å²) in [6.07, 6.45) is 1.14.